The van der Waals surface area contributed by atoms with Crippen molar-refractivity contribution < 1.29 is 4.39 Å². The van der Waals surface area contributed by atoms with Crippen LogP contribution in [0.1, 0.15) is 11.4 Å². The Balaban J connectivity index is 2.30. The predicted molar refractivity (Wildman–Crippen MR) is 70.2 cm³/mol. The average Bonchev–Trinajstić information content (AvgIpc) is 2.89. The normalized spacial score (nSPS) is 11.2. The van der Waals surface area contributed by atoms with E-state index in [1.165, 1.54) is 12.3 Å². The van der Waals surface area contributed by atoms with Crippen LogP contribution in [-0.2, 0) is 0 Å². The first-order valence-corrected chi connectivity index (χ1v) is 5.97. The summed E-state index contributed by atoms with van der Waals surface area (Å²) in [5.41, 5.74) is 1.45. The molecule has 19 heavy (non-hydrogen) atoms. The summed E-state index contributed by atoms with van der Waals surface area (Å²) < 4.78 is 13.8. The second kappa shape index (κ2) is 5.58. The molecule has 0 spiro atoms. The summed E-state index contributed by atoms with van der Waals surface area (Å²) in [5, 5.41) is 24.8. The molecule has 8 heteroatoms. The quantitative estimate of drug-likeness (QED) is 0.847. The van der Waals surface area contributed by atoms with Gasteiger partial charge in [-0.25, -0.2) is 4.39 Å². The SMILES string of the molecule is Cc1cc(F)c(Br)c(NC=C(C#N)c2nn[nH]n2)c1. The van der Waals surface area contributed by atoms with E-state index in [0.29, 0.717) is 10.2 Å². The zero-order chi connectivity index (χ0) is 13.8. The molecule has 0 aliphatic carbocycles. The molecule has 0 unspecified atom stereocenters. The zero-order valence-corrected chi connectivity index (χ0v) is 11.4. The van der Waals surface area contributed by atoms with Crippen molar-refractivity contribution in [3.8, 4) is 6.07 Å². The van der Waals surface area contributed by atoms with Crippen LogP contribution in [0, 0.1) is 24.1 Å². The molecule has 0 aliphatic heterocycles. The summed E-state index contributed by atoms with van der Waals surface area (Å²) in [6.45, 7) is 1.77. The number of H-pyrrole nitrogens is 1. The largest absolute Gasteiger partial charge is 0.359 e. The van der Waals surface area contributed by atoms with E-state index in [1.807, 2.05) is 6.07 Å². The van der Waals surface area contributed by atoms with E-state index in [9.17, 15) is 4.39 Å². The van der Waals surface area contributed by atoms with Gasteiger partial charge in [-0.05, 0) is 45.8 Å². The van der Waals surface area contributed by atoms with Crippen LogP contribution >= 0.6 is 15.9 Å². The number of halogens is 2. The van der Waals surface area contributed by atoms with Crippen molar-refractivity contribution in [1.82, 2.24) is 20.6 Å². The Kier molecular flexibility index (Phi) is 3.87. The molecule has 1 aromatic heterocycles. The zero-order valence-electron chi connectivity index (χ0n) is 9.78. The van der Waals surface area contributed by atoms with Crippen LogP contribution in [0.25, 0.3) is 5.57 Å². The van der Waals surface area contributed by atoms with Gasteiger partial charge in [0.15, 0.2) is 0 Å². The van der Waals surface area contributed by atoms with Crippen molar-refractivity contribution in [3.63, 3.8) is 0 Å². The molecule has 1 aromatic carbocycles. The molecule has 2 aromatic rings. The minimum atomic E-state index is -0.381. The highest BCUT2D eigenvalue weighted by Gasteiger charge is 2.08. The van der Waals surface area contributed by atoms with Gasteiger partial charge in [0.1, 0.15) is 17.5 Å². The Labute approximate surface area is 116 Å². The van der Waals surface area contributed by atoms with Crippen LogP contribution in [-0.4, -0.2) is 20.6 Å². The third kappa shape index (κ3) is 2.95. The van der Waals surface area contributed by atoms with Gasteiger partial charge >= 0.3 is 0 Å². The minimum Gasteiger partial charge on any atom is -0.359 e. The van der Waals surface area contributed by atoms with Crippen molar-refractivity contribution >= 4 is 27.2 Å². The maximum atomic E-state index is 13.5. The number of hydrogen-bond donors (Lipinski definition) is 2. The van der Waals surface area contributed by atoms with Crippen molar-refractivity contribution in [1.29, 1.82) is 5.26 Å². The summed E-state index contributed by atoms with van der Waals surface area (Å²) in [5.74, 6) is -0.215. The first-order chi connectivity index (χ1) is 9.11. The first-order valence-electron chi connectivity index (χ1n) is 5.18. The molecular formula is C11H8BrFN6. The Morgan fingerprint density at radius 2 is 2.37 bits per heavy atom. The second-order valence-electron chi connectivity index (χ2n) is 3.66. The van der Waals surface area contributed by atoms with Gasteiger partial charge < -0.3 is 5.32 Å². The summed E-state index contributed by atoms with van der Waals surface area (Å²) in [4.78, 5) is 0. The Morgan fingerprint density at radius 3 is 3.00 bits per heavy atom. The summed E-state index contributed by atoms with van der Waals surface area (Å²) in [6.07, 6.45) is 1.39. The molecule has 96 valence electrons. The van der Waals surface area contributed by atoms with Gasteiger partial charge in [-0.15, -0.1) is 10.2 Å². The Morgan fingerprint density at radius 1 is 1.58 bits per heavy atom. The predicted octanol–water partition coefficient (Wildman–Crippen LogP) is 2.39. The topological polar surface area (TPSA) is 90.3 Å². The Bertz CT molecular complexity index is 659. The van der Waals surface area contributed by atoms with E-state index in [-0.39, 0.29) is 17.2 Å². The highest BCUT2D eigenvalue weighted by molar-refractivity contribution is 9.10. The average molecular weight is 323 g/mol. The lowest BCUT2D eigenvalue weighted by molar-refractivity contribution is 0.620. The van der Waals surface area contributed by atoms with Crippen LogP contribution in [0.2, 0.25) is 0 Å². The minimum absolute atomic E-state index is 0.166. The number of nitrogens with one attached hydrogen (secondary N) is 2. The van der Waals surface area contributed by atoms with Crippen molar-refractivity contribution in [2.24, 2.45) is 0 Å². The van der Waals surface area contributed by atoms with E-state index in [4.69, 9.17) is 5.26 Å². The van der Waals surface area contributed by atoms with Crippen molar-refractivity contribution in [2.45, 2.75) is 6.92 Å². The lowest BCUT2D eigenvalue weighted by Crippen LogP contribution is -1.96. The summed E-state index contributed by atoms with van der Waals surface area (Å²) >= 11 is 3.14. The molecule has 0 amide bonds. The fourth-order valence-corrected chi connectivity index (χ4v) is 1.75. The third-order valence-electron chi connectivity index (χ3n) is 2.25. The molecular weight excluding hydrogens is 315 g/mol. The number of anilines is 1. The van der Waals surface area contributed by atoms with E-state index in [1.54, 1.807) is 13.0 Å². The van der Waals surface area contributed by atoms with Crippen LogP contribution in [0.3, 0.4) is 0 Å². The molecule has 0 aliphatic rings. The molecule has 6 nitrogen and oxygen atoms in total. The number of rotatable bonds is 3. The molecule has 0 saturated heterocycles. The van der Waals surface area contributed by atoms with Crippen molar-refractivity contribution in [2.75, 3.05) is 5.32 Å². The van der Waals surface area contributed by atoms with Crippen molar-refractivity contribution in [3.05, 3.63) is 40.0 Å². The smallest absolute Gasteiger partial charge is 0.216 e. The molecule has 0 fully saturated rings. The molecule has 0 bridgehead atoms. The molecule has 0 atom stereocenters. The summed E-state index contributed by atoms with van der Waals surface area (Å²) in [7, 11) is 0. The van der Waals surface area contributed by atoms with Gasteiger partial charge in [-0.2, -0.15) is 10.5 Å². The van der Waals surface area contributed by atoms with Gasteiger partial charge in [-0.1, -0.05) is 0 Å². The number of tetrazole rings is 1. The van der Waals surface area contributed by atoms with Gasteiger partial charge in [-0.3, -0.25) is 0 Å². The van der Waals surface area contributed by atoms with Gasteiger partial charge in [0.25, 0.3) is 0 Å². The fourth-order valence-electron chi connectivity index (χ4n) is 1.40. The molecule has 0 saturated carbocycles. The van der Waals surface area contributed by atoms with Crippen LogP contribution in [0.5, 0.6) is 0 Å². The monoisotopic (exact) mass is 322 g/mol. The molecule has 2 rings (SSSR count). The number of aromatic amines is 1. The number of hydrogen-bond acceptors (Lipinski definition) is 5. The van der Waals surface area contributed by atoms with Gasteiger partial charge in [0.2, 0.25) is 5.82 Å². The maximum Gasteiger partial charge on any atom is 0.216 e. The van der Waals surface area contributed by atoms with Crippen LogP contribution in [0.15, 0.2) is 22.8 Å². The number of allylic oxidation sites excluding steroid dienone is 1. The number of aromatic nitrogens is 4. The number of nitriles is 1. The van der Waals surface area contributed by atoms with Crippen LogP contribution < -0.4 is 5.32 Å². The number of nitrogens with zero attached hydrogens (tertiary/aromatic N) is 4. The highest BCUT2D eigenvalue weighted by Crippen LogP contribution is 2.27. The lowest BCUT2D eigenvalue weighted by atomic mass is 10.2. The van der Waals surface area contributed by atoms with Gasteiger partial charge in [0.05, 0.1) is 10.2 Å². The number of benzene rings is 1. The third-order valence-corrected chi connectivity index (χ3v) is 3.06. The van der Waals surface area contributed by atoms with E-state index < -0.39 is 0 Å². The molecule has 1 heterocycles. The van der Waals surface area contributed by atoms with E-state index in [0.717, 1.165) is 5.56 Å². The lowest BCUT2D eigenvalue weighted by Gasteiger charge is -2.06. The summed E-state index contributed by atoms with van der Waals surface area (Å²) in [6, 6.07) is 5.08. The Hall–Kier alpha value is -2.27. The molecule has 0 radical (unpaired) electrons. The second-order valence-corrected chi connectivity index (χ2v) is 4.45. The molecule has 2 N–H and O–H groups in total. The maximum absolute atomic E-state index is 13.5. The first kappa shape index (κ1) is 13.2. The van der Waals surface area contributed by atoms with Crippen LogP contribution in [0.4, 0.5) is 10.1 Å². The fraction of sp³-hybridized carbons (Fsp3) is 0.0909. The standard InChI is InChI=1S/C11H8BrFN6/c1-6-2-8(13)10(12)9(3-6)15-5-7(4-14)11-16-18-19-17-11/h2-3,5,15H,1H3,(H,16,17,18,19). The number of aryl methyl sites for hydroxylation is 1. The van der Waals surface area contributed by atoms with E-state index >= 15 is 0 Å². The van der Waals surface area contributed by atoms with E-state index in [2.05, 4.69) is 41.9 Å². The highest BCUT2D eigenvalue weighted by atomic mass is 79.9. The van der Waals surface area contributed by atoms with Gasteiger partial charge in [0, 0.05) is 6.20 Å².